The van der Waals surface area contributed by atoms with E-state index < -0.39 is 15.5 Å². The maximum absolute atomic E-state index is 11.6. The summed E-state index contributed by atoms with van der Waals surface area (Å²) in [5.74, 6) is 1.34. The van der Waals surface area contributed by atoms with Gasteiger partial charge in [-0.2, -0.15) is 5.10 Å². The molecule has 0 fully saturated rings. The zero-order valence-electron chi connectivity index (χ0n) is 15.5. The Balaban J connectivity index is 1.98. The van der Waals surface area contributed by atoms with Crippen LogP contribution in [0, 0.1) is 0 Å². The number of hydrogen-bond acceptors (Lipinski definition) is 9. The second-order valence-corrected chi connectivity index (χ2v) is 8.66. The Labute approximate surface area is 170 Å². The predicted octanol–water partition coefficient (Wildman–Crippen LogP) is 4.81. The minimum Gasteiger partial charge on any atom is -0.497 e. The zero-order chi connectivity index (χ0) is 20.5. The van der Waals surface area contributed by atoms with Crippen LogP contribution in [0.5, 0.6) is 11.5 Å². The molecule has 0 amide bonds. The van der Waals surface area contributed by atoms with Crippen molar-refractivity contribution in [2.75, 3.05) is 21.2 Å². The summed E-state index contributed by atoms with van der Waals surface area (Å²) in [7, 11) is 1.11. The fraction of sp³-hybridized carbons (Fsp3) is 0.176. The van der Waals surface area contributed by atoms with E-state index >= 15 is 0 Å². The number of hydrazone groups is 1. The molecule has 2 aromatic carbocycles. The fourth-order valence-electron chi connectivity index (χ4n) is 2.06. The number of ether oxygens (including phenoxy) is 1. The lowest BCUT2D eigenvalue weighted by molar-refractivity contribution is -0.127. The Morgan fingerprint density at radius 2 is 1.79 bits per heavy atom. The van der Waals surface area contributed by atoms with Crippen LogP contribution in [-0.2, 0) is 9.24 Å². The number of benzene rings is 2. The van der Waals surface area contributed by atoms with Crippen molar-refractivity contribution in [2.45, 2.75) is 0 Å². The summed E-state index contributed by atoms with van der Waals surface area (Å²) in [6.45, 7) is 0. The van der Waals surface area contributed by atoms with Crippen molar-refractivity contribution >= 4 is 39.4 Å². The summed E-state index contributed by atoms with van der Waals surface area (Å²) < 4.78 is 28.0. The number of methoxy groups -OCH3 is 1. The summed E-state index contributed by atoms with van der Waals surface area (Å²) >= 11 is 4.46. The Morgan fingerprint density at radius 3 is 2.32 bits per heavy atom. The highest BCUT2D eigenvalue weighted by molar-refractivity contribution is 8.42. The zero-order valence-corrected chi connectivity index (χ0v) is 18.1. The Morgan fingerprint density at radius 1 is 1.18 bits per heavy atom. The molecule has 0 heterocycles. The van der Waals surface area contributed by atoms with Gasteiger partial charge >= 0.3 is 13.5 Å². The molecule has 11 heteroatoms. The van der Waals surface area contributed by atoms with Crippen LogP contribution in [0.3, 0.4) is 0 Å². The monoisotopic (exact) mass is 440 g/mol. The molecular weight excluding hydrogens is 420 g/mol. The van der Waals surface area contributed by atoms with E-state index in [9.17, 15) is 4.57 Å². The predicted molar refractivity (Wildman–Crippen MR) is 115 cm³/mol. The maximum atomic E-state index is 11.6. The van der Waals surface area contributed by atoms with Gasteiger partial charge in [0.15, 0.2) is 0 Å². The highest BCUT2D eigenvalue weighted by Gasteiger charge is 2.29. The normalized spacial score (nSPS) is 13.3. The van der Waals surface area contributed by atoms with Crippen LogP contribution in [0.25, 0.3) is 0 Å². The second kappa shape index (κ2) is 11.1. The number of aliphatic imine (C=N–C) groups is 1. The fourth-order valence-corrected chi connectivity index (χ4v) is 3.65. The molecule has 0 aliphatic heterocycles. The summed E-state index contributed by atoms with van der Waals surface area (Å²) in [6.07, 6.45) is 1.70. The molecule has 0 saturated heterocycles. The van der Waals surface area contributed by atoms with E-state index in [1.54, 1.807) is 49.4 Å². The lowest BCUT2D eigenvalue weighted by Gasteiger charge is -2.20. The first-order chi connectivity index (χ1) is 13.5. The summed E-state index contributed by atoms with van der Waals surface area (Å²) in [6, 6.07) is 14.2. The molecule has 2 atom stereocenters. The third kappa shape index (κ3) is 6.26. The van der Waals surface area contributed by atoms with Gasteiger partial charge in [0.05, 0.1) is 18.9 Å². The van der Waals surface area contributed by atoms with Crippen LogP contribution in [-0.4, -0.2) is 42.9 Å². The van der Waals surface area contributed by atoms with Crippen molar-refractivity contribution in [3.8, 4) is 11.5 Å². The van der Waals surface area contributed by atoms with Gasteiger partial charge in [-0.1, -0.05) is 12.2 Å². The molecule has 28 heavy (non-hydrogen) atoms. The molecule has 0 saturated carbocycles. The molecule has 0 aliphatic carbocycles. The van der Waals surface area contributed by atoms with E-state index in [0.29, 0.717) is 11.3 Å². The highest BCUT2D eigenvalue weighted by atomic mass is 32.7. The van der Waals surface area contributed by atoms with E-state index in [0.717, 1.165) is 11.3 Å². The van der Waals surface area contributed by atoms with Crippen LogP contribution >= 0.6 is 27.8 Å². The standard InChI is InChI=1S/C17H19N3O5P2S/c1-18-17(26(22)25-21)14-6-10-16(11-7-14)24-27(28)20(2)19-12-13-4-8-15(23-3)9-5-13/h4-12,28H,1-3H3/p+1/b18-17?,19-12+. The molecule has 8 nitrogen and oxygen atoms in total. The second-order valence-electron chi connectivity index (χ2n) is 5.26. The lowest BCUT2D eigenvalue weighted by Crippen LogP contribution is -2.05. The summed E-state index contributed by atoms with van der Waals surface area (Å²) in [5.41, 5.74) is 1.62. The van der Waals surface area contributed by atoms with Crippen molar-refractivity contribution in [3.63, 3.8) is 0 Å². The van der Waals surface area contributed by atoms with Gasteiger partial charge in [0, 0.05) is 18.8 Å². The number of thiol groups is 1. The van der Waals surface area contributed by atoms with Gasteiger partial charge in [-0.3, -0.25) is 0 Å². The SMILES string of the molecule is CN=C(c1ccc(OP(S)N(C)/N=C/c2ccc(OC)cc2)cc1)[P+](=O)OO. The van der Waals surface area contributed by atoms with Gasteiger partial charge in [0.25, 0.3) is 7.50 Å². The molecule has 148 valence electrons. The topological polar surface area (TPSA) is 93.0 Å². The van der Waals surface area contributed by atoms with E-state index in [-0.39, 0.29) is 5.45 Å². The van der Waals surface area contributed by atoms with E-state index in [4.69, 9.17) is 14.5 Å². The van der Waals surface area contributed by atoms with Gasteiger partial charge in [0.1, 0.15) is 11.5 Å². The van der Waals surface area contributed by atoms with Crippen molar-refractivity contribution in [1.82, 2.24) is 4.78 Å². The maximum Gasteiger partial charge on any atom is 0.600 e. The van der Waals surface area contributed by atoms with Crippen LogP contribution in [0.2, 0.25) is 0 Å². The smallest absolute Gasteiger partial charge is 0.497 e. The Hall–Kier alpha value is -2.02. The van der Waals surface area contributed by atoms with Crippen molar-refractivity contribution in [3.05, 3.63) is 59.7 Å². The van der Waals surface area contributed by atoms with E-state index in [2.05, 4.69) is 27.0 Å². The van der Waals surface area contributed by atoms with Crippen molar-refractivity contribution < 1.29 is 23.8 Å². The van der Waals surface area contributed by atoms with Crippen LogP contribution < -0.4 is 9.26 Å². The van der Waals surface area contributed by atoms with Gasteiger partial charge in [0.2, 0.25) is 0 Å². The third-order valence-corrected chi connectivity index (χ3v) is 6.44. The van der Waals surface area contributed by atoms with Crippen LogP contribution in [0.4, 0.5) is 0 Å². The first kappa shape index (κ1) is 22.3. The largest absolute Gasteiger partial charge is 0.600 e. The van der Waals surface area contributed by atoms with Gasteiger partial charge < -0.3 is 9.26 Å². The minimum atomic E-state index is -2.42. The Bertz CT molecular complexity index is 847. The number of hydrogen-bond donors (Lipinski definition) is 2. The van der Waals surface area contributed by atoms with Gasteiger partial charge in [-0.25, -0.2) is 15.0 Å². The molecule has 0 spiro atoms. The first-order valence-electron chi connectivity index (χ1n) is 7.93. The van der Waals surface area contributed by atoms with Gasteiger partial charge in [-0.05, 0) is 58.7 Å². The molecule has 0 aliphatic rings. The molecule has 0 bridgehead atoms. The summed E-state index contributed by atoms with van der Waals surface area (Å²) in [5, 5.41) is 12.9. The third-order valence-electron chi connectivity index (χ3n) is 3.50. The lowest BCUT2D eigenvalue weighted by atomic mass is 10.2. The molecule has 0 radical (unpaired) electrons. The van der Waals surface area contributed by atoms with Crippen LogP contribution in [0.15, 0.2) is 58.6 Å². The highest BCUT2D eigenvalue weighted by Crippen LogP contribution is 2.45. The molecule has 2 unspecified atom stereocenters. The molecule has 1 N–H and O–H groups in total. The summed E-state index contributed by atoms with van der Waals surface area (Å²) in [4.78, 5) is 3.87. The molecule has 2 aromatic rings. The Kier molecular flexibility index (Phi) is 8.83. The van der Waals surface area contributed by atoms with Crippen molar-refractivity contribution in [2.24, 2.45) is 10.1 Å². The average molecular weight is 440 g/mol. The van der Waals surface area contributed by atoms with Crippen molar-refractivity contribution in [1.29, 1.82) is 0 Å². The number of rotatable bonds is 9. The molecule has 2 rings (SSSR count). The minimum absolute atomic E-state index is 0.151. The van der Waals surface area contributed by atoms with E-state index in [1.807, 2.05) is 24.3 Å². The number of nitrogens with zero attached hydrogens (tertiary/aromatic N) is 3. The van der Waals surface area contributed by atoms with Gasteiger partial charge in [-0.15, -0.1) is 0 Å². The molecule has 0 aromatic heterocycles. The average Bonchev–Trinajstić information content (AvgIpc) is 2.73. The first-order valence-corrected chi connectivity index (χ1v) is 11.5. The van der Waals surface area contributed by atoms with Crippen LogP contribution in [0.1, 0.15) is 11.1 Å². The molecular formula is C17H20N3O5P2S+. The van der Waals surface area contributed by atoms with E-state index in [1.165, 1.54) is 7.05 Å². The quantitative estimate of drug-likeness (QED) is 0.191.